The number of pyridine rings is 1. The van der Waals surface area contributed by atoms with E-state index in [9.17, 15) is 9.90 Å². The monoisotopic (exact) mass is 350 g/mol. The second-order valence-electron chi connectivity index (χ2n) is 7.76. The summed E-state index contributed by atoms with van der Waals surface area (Å²) in [5, 5.41) is 11.2. The van der Waals surface area contributed by atoms with Crippen LogP contribution in [0.25, 0.3) is 0 Å². The lowest BCUT2D eigenvalue weighted by Gasteiger charge is -2.51. The fourth-order valence-corrected chi connectivity index (χ4v) is 3.57. The second kappa shape index (κ2) is 6.46. The molecule has 25 heavy (non-hydrogen) atoms. The Morgan fingerprint density at radius 3 is 2.44 bits per heavy atom. The normalized spacial score (nSPS) is 29.2. The van der Waals surface area contributed by atoms with E-state index < -0.39 is 11.2 Å². The van der Waals surface area contributed by atoms with E-state index in [1.807, 2.05) is 20.8 Å². The van der Waals surface area contributed by atoms with E-state index in [0.717, 1.165) is 0 Å². The maximum atomic E-state index is 12.6. The van der Waals surface area contributed by atoms with Gasteiger partial charge in [-0.1, -0.05) is 0 Å². The molecule has 1 amide bonds. The standard InChI is InChI=1S/C18H26N2O5/c1-17(2,3)25-16(21)20-12-7-18(22,8-13(20)11-24-10-12)15-6-5-14(23-4)9-19-15/h5-6,9,12-13,22H,7-8,10-11H2,1-4H3. The molecule has 2 unspecified atom stereocenters. The molecule has 0 spiro atoms. The third-order valence-corrected chi connectivity index (χ3v) is 4.61. The van der Waals surface area contributed by atoms with E-state index >= 15 is 0 Å². The number of aliphatic hydroxyl groups is 1. The maximum absolute atomic E-state index is 12.6. The number of ether oxygens (including phenoxy) is 3. The lowest BCUT2D eigenvalue weighted by molar-refractivity contribution is -0.142. The number of hydrogen-bond donors (Lipinski definition) is 1. The van der Waals surface area contributed by atoms with Gasteiger partial charge in [-0.3, -0.25) is 9.88 Å². The smallest absolute Gasteiger partial charge is 0.410 e. The summed E-state index contributed by atoms with van der Waals surface area (Å²) >= 11 is 0. The number of methoxy groups -OCH3 is 1. The van der Waals surface area contributed by atoms with Gasteiger partial charge >= 0.3 is 6.09 Å². The average molecular weight is 350 g/mol. The van der Waals surface area contributed by atoms with Crippen molar-refractivity contribution in [2.75, 3.05) is 20.3 Å². The Kier molecular flexibility index (Phi) is 4.64. The second-order valence-corrected chi connectivity index (χ2v) is 7.76. The van der Waals surface area contributed by atoms with Gasteiger partial charge in [0.05, 0.1) is 44.3 Å². The quantitative estimate of drug-likeness (QED) is 0.879. The number of carbonyl (C=O) groups excluding carboxylic acids is 1. The Morgan fingerprint density at radius 2 is 1.96 bits per heavy atom. The van der Waals surface area contributed by atoms with E-state index in [1.54, 1.807) is 30.3 Å². The summed E-state index contributed by atoms with van der Waals surface area (Å²) in [5.41, 5.74) is -1.06. The largest absolute Gasteiger partial charge is 0.495 e. The van der Waals surface area contributed by atoms with Gasteiger partial charge in [0.25, 0.3) is 0 Å². The molecular formula is C18H26N2O5. The van der Waals surface area contributed by atoms with Gasteiger partial charge < -0.3 is 19.3 Å². The minimum Gasteiger partial charge on any atom is -0.495 e. The summed E-state index contributed by atoms with van der Waals surface area (Å²) < 4.78 is 16.3. The molecule has 1 aromatic rings. The molecular weight excluding hydrogens is 324 g/mol. The highest BCUT2D eigenvalue weighted by Crippen LogP contribution is 2.41. The van der Waals surface area contributed by atoms with Gasteiger partial charge in [-0.15, -0.1) is 0 Å². The van der Waals surface area contributed by atoms with Crippen LogP contribution in [0.4, 0.5) is 4.79 Å². The number of aromatic nitrogens is 1. The molecule has 2 aliphatic rings. The van der Waals surface area contributed by atoms with Crippen LogP contribution in [0.2, 0.25) is 0 Å². The van der Waals surface area contributed by atoms with Crippen LogP contribution < -0.4 is 4.74 Å². The number of carbonyl (C=O) groups is 1. The first-order chi connectivity index (χ1) is 11.7. The highest BCUT2D eigenvalue weighted by atomic mass is 16.6. The minimum absolute atomic E-state index is 0.240. The molecule has 138 valence electrons. The summed E-state index contributed by atoms with van der Waals surface area (Å²) in [7, 11) is 1.58. The van der Waals surface area contributed by atoms with Crippen LogP contribution in [0.5, 0.6) is 5.75 Å². The van der Waals surface area contributed by atoms with Gasteiger partial charge in [0, 0.05) is 12.8 Å². The minimum atomic E-state index is -1.09. The van der Waals surface area contributed by atoms with Gasteiger partial charge in [-0.25, -0.2) is 4.79 Å². The lowest BCUT2D eigenvalue weighted by Crippen LogP contribution is -2.63. The van der Waals surface area contributed by atoms with Gasteiger partial charge in [-0.05, 0) is 32.9 Å². The Hall–Kier alpha value is -1.86. The van der Waals surface area contributed by atoms with Crippen LogP contribution in [0.15, 0.2) is 18.3 Å². The lowest BCUT2D eigenvalue weighted by atomic mass is 9.79. The molecule has 0 aliphatic carbocycles. The summed E-state index contributed by atoms with van der Waals surface area (Å²) in [6.07, 6.45) is 1.97. The molecule has 0 radical (unpaired) electrons. The molecule has 1 N–H and O–H groups in total. The van der Waals surface area contributed by atoms with Crippen molar-refractivity contribution in [3.05, 3.63) is 24.0 Å². The van der Waals surface area contributed by atoms with Gasteiger partial charge in [0.2, 0.25) is 0 Å². The zero-order chi connectivity index (χ0) is 18.2. The van der Waals surface area contributed by atoms with E-state index in [1.165, 1.54) is 0 Å². The first-order valence-corrected chi connectivity index (χ1v) is 8.54. The summed E-state index contributed by atoms with van der Waals surface area (Å²) in [4.78, 5) is 18.7. The molecule has 3 rings (SSSR count). The molecule has 0 aromatic carbocycles. The van der Waals surface area contributed by atoms with E-state index in [0.29, 0.717) is 37.5 Å². The Labute approximate surface area is 147 Å². The zero-order valence-corrected chi connectivity index (χ0v) is 15.2. The Bertz CT molecular complexity index is 611. The van der Waals surface area contributed by atoms with Crippen LogP contribution in [0.3, 0.4) is 0 Å². The highest BCUT2D eigenvalue weighted by Gasteiger charge is 2.50. The fraction of sp³-hybridized carbons (Fsp3) is 0.667. The van der Waals surface area contributed by atoms with Crippen molar-refractivity contribution in [2.24, 2.45) is 0 Å². The molecule has 7 heteroatoms. The van der Waals surface area contributed by atoms with Crippen molar-refractivity contribution in [1.29, 1.82) is 0 Å². The Balaban J connectivity index is 1.81. The Morgan fingerprint density at radius 1 is 1.32 bits per heavy atom. The molecule has 2 bridgehead atoms. The third-order valence-electron chi connectivity index (χ3n) is 4.61. The number of piperidine rings is 1. The molecule has 2 atom stereocenters. The van der Waals surface area contributed by atoms with E-state index in [2.05, 4.69) is 4.98 Å². The zero-order valence-electron chi connectivity index (χ0n) is 15.2. The number of fused-ring (bicyclic) bond motifs is 2. The fourth-order valence-electron chi connectivity index (χ4n) is 3.57. The topological polar surface area (TPSA) is 81.1 Å². The molecule has 3 heterocycles. The number of rotatable bonds is 2. The van der Waals surface area contributed by atoms with Gasteiger partial charge in [0.1, 0.15) is 17.0 Å². The summed E-state index contributed by atoms with van der Waals surface area (Å²) in [6, 6.07) is 3.08. The number of amides is 1. The molecule has 2 saturated heterocycles. The van der Waals surface area contributed by atoms with Crippen LogP contribution in [0, 0.1) is 0 Å². The molecule has 2 fully saturated rings. The SMILES string of the molecule is COc1ccc(C2(O)CC3COCC(C2)N3C(=O)OC(C)(C)C)nc1. The predicted molar refractivity (Wildman–Crippen MR) is 90.4 cm³/mol. The van der Waals surface area contributed by atoms with E-state index in [4.69, 9.17) is 14.2 Å². The van der Waals surface area contributed by atoms with Crippen molar-refractivity contribution in [3.8, 4) is 5.75 Å². The van der Waals surface area contributed by atoms with Crippen LogP contribution in [-0.2, 0) is 15.1 Å². The van der Waals surface area contributed by atoms with Crippen LogP contribution in [-0.4, -0.2) is 59.1 Å². The van der Waals surface area contributed by atoms with Gasteiger partial charge in [-0.2, -0.15) is 0 Å². The molecule has 2 aliphatic heterocycles. The first-order valence-electron chi connectivity index (χ1n) is 8.54. The van der Waals surface area contributed by atoms with Gasteiger partial charge in [0.15, 0.2) is 0 Å². The molecule has 0 saturated carbocycles. The number of morpholine rings is 1. The first kappa shape index (κ1) is 17.9. The number of nitrogens with zero attached hydrogens (tertiary/aromatic N) is 2. The van der Waals surface area contributed by atoms with Crippen molar-refractivity contribution in [1.82, 2.24) is 9.88 Å². The third kappa shape index (κ3) is 3.72. The molecule has 7 nitrogen and oxygen atoms in total. The van der Waals surface area contributed by atoms with Crippen molar-refractivity contribution in [2.45, 2.75) is 56.9 Å². The molecule has 1 aromatic heterocycles. The summed E-state index contributed by atoms with van der Waals surface area (Å²) in [5.74, 6) is 0.641. The predicted octanol–water partition coefficient (Wildman–Crippen LogP) is 2.08. The van der Waals surface area contributed by atoms with Crippen molar-refractivity contribution >= 4 is 6.09 Å². The van der Waals surface area contributed by atoms with Crippen LogP contribution >= 0.6 is 0 Å². The maximum Gasteiger partial charge on any atom is 0.410 e. The van der Waals surface area contributed by atoms with Crippen molar-refractivity contribution in [3.63, 3.8) is 0 Å². The average Bonchev–Trinajstić information content (AvgIpc) is 2.52. The van der Waals surface area contributed by atoms with Crippen LogP contribution in [0.1, 0.15) is 39.3 Å². The number of hydrogen-bond acceptors (Lipinski definition) is 6. The summed E-state index contributed by atoms with van der Waals surface area (Å²) in [6.45, 7) is 6.30. The highest BCUT2D eigenvalue weighted by molar-refractivity contribution is 5.69. The van der Waals surface area contributed by atoms with Crippen molar-refractivity contribution < 1.29 is 24.1 Å². The van der Waals surface area contributed by atoms with E-state index in [-0.39, 0.29) is 18.2 Å².